The van der Waals surface area contributed by atoms with Crippen LogP contribution < -0.4 is 10.6 Å². The first-order valence-electron chi connectivity index (χ1n) is 6.29. The zero-order chi connectivity index (χ0) is 12.8. The molecule has 1 fully saturated rings. The fourth-order valence-electron chi connectivity index (χ4n) is 2.15. The predicted molar refractivity (Wildman–Crippen MR) is 69.7 cm³/mol. The van der Waals surface area contributed by atoms with Crippen molar-refractivity contribution in [3.63, 3.8) is 0 Å². The van der Waals surface area contributed by atoms with Crippen molar-refractivity contribution >= 4 is 11.8 Å². The maximum absolute atomic E-state index is 11.6. The Balaban J connectivity index is 1.97. The van der Waals surface area contributed by atoms with Gasteiger partial charge in [-0.25, -0.2) is 9.78 Å². The molecule has 5 nitrogen and oxygen atoms in total. The highest BCUT2D eigenvalue weighted by atomic mass is 16.5. The summed E-state index contributed by atoms with van der Waals surface area (Å²) in [5.74, 6) is 0.901. The van der Waals surface area contributed by atoms with Crippen LogP contribution in [-0.4, -0.2) is 37.7 Å². The number of methoxy groups -OCH3 is 1. The van der Waals surface area contributed by atoms with Gasteiger partial charge in [-0.05, 0) is 44.0 Å². The summed E-state index contributed by atoms with van der Waals surface area (Å²) in [7, 11) is 1.38. The van der Waals surface area contributed by atoms with E-state index in [0.717, 1.165) is 32.5 Å². The van der Waals surface area contributed by atoms with Gasteiger partial charge in [0.2, 0.25) is 0 Å². The summed E-state index contributed by atoms with van der Waals surface area (Å²) in [4.78, 5) is 15.8. The molecule has 0 bridgehead atoms. The predicted octanol–water partition coefficient (Wildman–Crippen LogP) is 1.28. The van der Waals surface area contributed by atoms with E-state index in [1.54, 1.807) is 18.3 Å². The van der Waals surface area contributed by atoms with Crippen molar-refractivity contribution in [1.82, 2.24) is 10.3 Å². The Bertz CT molecular complexity index is 403. The van der Waals surface area contributed by atoms with E-state index in [2.05, 4.69) is 15.6 Å². The van der Waals surface area contributed by atoms with Crippen LogP contribution >= 0.6 is 0 Å². The van der Waals surface area contributed by atoms with Crippen molar-refractivity contribution in [3.05, 3.63) is 23.9 Å². The molecule has 98 valence electrons. The van der Waals surface area contributed by atoms with E-state index in [1.807, 2.05) is 0 Å². The first kappa shape index (κ1) is 12.8. The monoisotopic (exact) mass is 249 g/mol. The van der Waals surface area contributed by atoms with Crippen molar-refractivity contribution in [2.45, 2.75) is 12.8 Å². The molecular formula is C13H19N3O2. The minimum Gasteiger partial charge on any atom is -0.465 e. The minimum atomic E-state index is -0.351. The third kappa shape index (κ3) is 3.20. The second-order valence-corrected chi connectivity index (χ2v) is 4.47. The van der Waals surface area contributed by atoms with E-state index in [0.29, 0.717) is 17.3 Å². The molecule has 2 N–H and O–H groups in total. The average molecular weight is 249 g/mol. The average Bonchev–Trinajstić information content (AvgIpc) is 2.45. The highest BCUT2D eigenvalue weighted by Gasteiger charge is 2.16. The van der Waals surface area contributed by atoms with Gasteiger partial charge in [-0.15, -0.1) is 0 Å². The van der Waals surface area contributed by atoms with Crippen molar-refractivity contribution in [2.75, 3.05) is 32.1 Å². The molecule has 0 unspecified atom stereocenters. The van der Waals surface area contributed by atoms with E-state index < -0.39 is 0 Å². The summed E-state index contributed by atoms with van der Waals surface area (Å²) >= 11 is 0. The molecule has 1 saturated heterocycles. The van der Waals surface area contributed by atoms with Crippen molar-refractivity contribution in [3.8, 4) is 0 Å². The second-order valence-electron chi connectivity index (χ2n) is 4.47. The van der Waals surface area contributed by atoms with Gasteiger partial charge in [-0.1, -0.05) is 0 Å². The smallest absolute Gasteiger partial charge is 0.341 e. The highest BCUT2D eigenvalue weighted by Crippen LogP contribution is 2.16. The lowest BCUT2D eigenvalue weighted by atomic mass is 9.98. The first-order valence-corrected chi connectivity index (χ1v) is 6.29. The van der Waals surface area contributed by atoms with Gasteiger partial charge >= 0.3 is 5.97 Å². The maximum atomic E-state index is 11.6. The number of carbonyl (C=O) groups is 1. The summed E-state index contributed by atoms with van der Waals surface area (Å²) in [5, 5.41) is 6.59. The largest absolute Gasteiger partial charge is 0.465 e. The highest BCUT2D eigenvalue weighted by molar-refractivity contribution is 5.94. The van der Waals surface area contributed by atoms with Gasteiger partial charge in [0, 0.05) is 12.7 Å². The normalized spacial score (nSPS) is 16.3. The molecular weight excluding hydrogens is 230 g/mol. The maximum Gasteiger partial charge on any atom is 0.341 e. The van der Waals surface area contributed by atoms with Crippen LogP contribution in [0.3, 0.4) is 0 Å². The Morgan fingerprint density at radius 1 is 1.56 bits per heavy atom. The number of anilines is 1. The number of hydrogen-bond donors (Lipinski definition) is 2. The van der Waals surface area contributed by atoms with E-state index in [1.165, 1.54) is 7.11 Å². The van der Waals surface area contributed by atoms with E-state index in [4.69, 9.17) is 4.74 Å². The summed E-state index contributed by atoms with van der Waals surface area (Å²) in [6, 6.07) is 3.46. The molecule has 0 radical (unpaired) electrons. The number of nitrogens with zero attached hydrogens (tertiary/aromatic N) is 1. The Labute approximate surface area is 107 Å². The Morgan fingerprint density at radius 2 is 2.33 bits per heavy atom. The molecule has 18 heavy (non-hydrogen) atoms. The molecule has 2 heterocycles. The third-order valence-corrected chi connectivity index (χ3v) is 3.23. The SMILES string of the molecule is COC(=O)c1cccnc1NCC1CCNCC1. The van der Waals surface area contributed by atoms with Gasteiger partial charge < -0.3 is 15.4 Å². The lowest BCUT2D eigenvalue weighted by molar-refractivity contribution is 0.0601. The Kier molecular flexibility index (Phi) is 4.52. The molecule has 0 atom stereocenters. The molecule has 1 aromatic rings. The Hall–Kier alpha value is -1.62. The van der Waals surface area contributed by atoms with Crippen molar-refractivity contribution in [1.29, 1.82) is 0 Å². The van der Waals surface area contributed by atoms with Gasteiger partial charge in [-0.2, -0.15) is 0 Å². The number of carbonyl (C=O) groups excluding carboxylic acids is 1. The molecule has 0 spiro atoms. The summed E-state index contributed by atoms with van der Waals surface area (Å²) in [6.07, 6.45) is 4.00. The number of nitrogens with one attached hydrogen (secondary N) is 2. The van der Waals surface area contributed by atoms with Gasteiger partial charge in [0.1, 0.15) is 11.4 Å². The van der Waals surface area contributed by atoms with Crippen LogP contribution in [-0.2, 0) is 4.74 Å². The molecule has 5 heteroatoms. The molecule has 0 aromatic carbocycles. The number of rotatable bonds is 4. The third-order valence-electron chi connectivity index (χ3n) is 3.23. The van der Waals surface area contributed by atoms with Crippen LogP contribution in [0.25, 0.3) is 0 Å². The molecule has 2 rings (SSSR count). The van der Waals surface area contributed by atoms with Crippen LogP contribution in [0.15, 0.2) is 18.3 Å². The topological polar surface area (TPSA) is 63.2 Å². The first-order chi connectivity index (χ1) is 8.81. The van der Waals surface area contributed by atoms with Crippen LogP contribution in [0.5, 0.6) is 0 Å². The van der Waals surface area contributed by atoms with Crippen LogP contribution in [0.4, 0.5) is 5.82 Å². The number of esters is 1. The van der Waals surface area contributed by atoms with Gasteiger partial charge in [-0.3, -0.25) is 0 Å². The molecule has 0 amide bonds. The van der Waals surface area contributed by atoms with Gasteiger partial charge in [0.05, 0.1) is 7.11 Å². The lowest BCUT2D eigenvalue weighted by Crippen LogP contribution is -2.31. The van der Waals surface area contributed by atoms with E-state index in [9.17, 15) is 4.79 Å². The van der Waals surface area contributed by atoms with Crippen molar-refractivity contribution in [2.24, 2.45) is 5.92 Å². The molecule has 1 aliphatic rings. The van der Waals surface area contributed by atoms with Crippen LogP contribution in [0.2, 0.25) is 0 Å². The fraction of sp³-hybridized carbons (Fsp3) is 0.538. The summed E-state index contributed by atoms with van der Waals surface area (Å²) in [5.41, 5.74) is 0.494. The zero-order valence-corrected chi connectivity index (χ0v) is 10.6. The number of aromatic nitrogens is 1. The molecule has 0 aliphatic carbocycles. The fourth-order valence-corrected chi connectivity index (χ4v) is 2.15. The Morgan fingerprint density at radius 3 is 3.06 bits per heavy atom. The van der Waals surface area contributed by atoms with E-state index in [-0.39, 0.29) is 5.97 Å². The minimum absolute atomic E-state index is 0.351. The number of pyridine rings is 1. The molecule has 0 saturated carbocycles. The standard InChI is InChI=1S/C13H19N3O2/c1-18-13(17)11-3-2-6-15-12(11)16-9-10-4-7-14-8-5-10/h2-3,6,10,14H,4-5,7-9H2,1H3,(H,15,16). The number of ether oxygens (including phenoxy) is 1. The zero-order valence-electron chi connectivity index (χ0n) is 10.6. The number of hydrogen-bond acceptors (Lipinski definition) is 5. The van der Waals surface area contributed by atoms with Gasteiger partial charge in [0.15, 0.2) is 0 Å². The summed E-state index contributed by atoms with van der Waals surface area (Å²) in [6.45, 7) is 2.99. The second kappa shape index (κ2) is 6.35. The van der Waals surface area contributed by atoms with Crippen LogP contribution in [0, 0.1) is 5.92 Å². The quantitative estimate of drug-likeness (QED) is 0.787. The number of piperidine rings is 1. The van der Waals surface area contributed by atoms with Crippen molar-refractivity contribution < 1.29 is 9.53 Å². The summed E-state index contributed by atoms with van der Waals surface area (Å²) < 4.78 is 4.74. The molecule has 1 aliphatic heterocycles. The lowest BCUT2D eigenvalue weighted by Gasteiger charge is -2.23. The van der Waals surface area contributed by atoms with Crippen LogP contribution in [0.1, 0.15) is 23.2 Å². The van der Waals surface area contributed by atoms with E-state index >= 15 is 0 Å². The van der Waals surface area contributed by atoms with Gasteiger partial charge in [0.25, 0.3) is 0 Å². The molecule has 1 aromatic heterocycles.